The van der Waals surface area contributed by atoms with Gasteiger partial charge >= 0.3 is 0 Å². The summed E-state index contributed by atoms with van der Waals surface area (Å²) in [6.45, 7) is 5.86. The van der Waals surface area contributed by atoms with E-state index in [-0.39, 0.29) is 5.91 Å². The summed E-state index contributed by atoms with van der Waals surface area (Å²) in [5.74, 6) is 3.34. The third-order valence-electron chi connectivity index (χ3n) is 4.77. The number of pyridine rings is 1. The number of ether oxygens (including phenoxy) is 1. The molecule has 0 spiro atoms. The molecule has 3 rings (SSSR count). The largest absolute Gasteiger partial charge is 0.485 e. The second-order valence-electron chi connectivity index (χ2n) is 6.53. The summed E-state index contributed by atoms with van der Waals surface area (Å²) in [6.07, 6.45) is 7.94. The summed E-state index contributed by atoms with van der Waals surface area (Å²) in [5, 5.41) is 0. The van der Waals surface area contributed by atoms with Crippen molar-refractivity contribution in [1.82, 2.24) is 9.38 Å². The molecule has 138 valence electrons. The van der Waals surface area contributed by atoms with E-state index in [1.807, 2.05) is 54.8 Å². The van der Waals surface area contributed by atoms with Gasteiger partial charge in [-0.2, -0.15) is 0 Å². The molecule has 0 aliphatic rings. The molecule has 5 heteroatoms. The number of rotatable bonds is 5. The Bertz CT molecular complexity index is 1040. The fourth-order valence-corrected chi connectivity index (χ4v) is 3.14. The molecule has 0 aliphatic carbocycles. The molecule has 0 unspecified atom stereocenters. The lowest BCUT2D eigenvalue weighted by Crippen LogP contribution is -2.24. The zero-order valence-electron chi connectivity index (χ0n) is 16.1. The van der Waals surface area contributed by atoms with Crippen LogP contribution in [0.4, 0.5) is 5.69 Å². The molecule has 0 aliphatic heterocycles. The Morgan fingerprint density at radius 2 is 2.07 bits per heavy atom. The van der Waals surface area contributed by atoms with Crippen molar-refractivity contribution in [3.05, 3.63) is 59.0 Å². The van der Waals surface area contributed by atoms with E-state index < -0.39 is 0 Å². The van der Waals surface area contributed by atoms with Crippen molar-refractivity contribution in [2.45, 2.75) is 33.8 Å². The SMILES string of the molecule is C#CCc1c(C)nc2c(OCc3c(C)cccc3N(C)C(C)=O)cccn12. The van der Waals surface area contributed by atoms with Crippen LogP contribution in [-0.2, 0) is 17.8 Å². The van der Waals surface area contributed by atoms with Crippen LogP contribution < -0.4 is 9.64 Å². The highest BCUT2D eigenvalue weighted by atomic mass is 16.5. The van der Waals surface area contributed by atoms with Gasteiger partial charge in [-0.3, -0.25) is 9.20 Å². The van der Waals surface area contributed by atoms with Gasteiger partial charge in [0.1, 0.15) is 6.61 Å². The van der Waals surface area contributed by atoms with Crippen molar-refractivity contribution in [3.63, 3.8) is 0 Å². The number of benzene rings is 1. The average molecular weight is 361 g/mol. The minimum Gasteiger partial charge on any atom is -0.485 e. The minimum atomic E-state index is -0.0215. The first-order chi connectivity index (χ1) is 12.9. The zero-order chi connectivity index (χ0) is 19.6. The van der Waals surface area contributed by atoms with Gasteiger partial charge in [0.2, 0.25) is 5.91 Å². The highest BCUT2D eigenvalue weighted by Crippen LogP contribution is 2.27. The molecule has 0 bridgehead atoms. The lowest BCUT2D eigenvalue weighted by Gasteiger charge is -2.21. The van der Waals surface area contributed by atoms with E-state index in [4.69, 9.17) is 11.2 Å². The third kappa shape index (κ3) is 3.52. The molecule has 0 atom stereocenters. The Morgan fingerprint density at radius 3 is 2.78 bits per heavy atom. The molecule has 2 aromatic heterocycles. The van der Waals surface area contributed by atoms with Crippen LogP contribution in [0.1, 0.15) is 29.4 Å². The number of carbonyl (C=O) groups is 1. The second kappa shape index (κ2) is 7.55. The first kappa shape index (κ1) is 18.5. The number of carbonyl (C=O) groups excluding carboxylic acids is 1. The van der Waals surface area contributed by atoms with Crippen LogP contribution in [-0.4, -0.2) is 22.3 Å². The summed E-state index contributed by atoms with van der Waals surface area (Å²) in [5.41, 5.74) is 5.53. The maximum Gasteiger partial charge on any atom is 0.223 e. The molecule has 5 nitrogen and oxygen atoms in total. The summed E-state index contributed by atoms with van der Waals surface area (Å²) in [4.78, 5) is 18.1. The van der Waals surface area contributed by atoms with Crippen molar-refractivity contribution in [1.29, 1.82) is 0 Å². The number of hydrogen-bond donors (Lipinski definition) is 0. The van der Waals surface area contributed by atoms with E-state index in [2.05, 4.69) is 10.9 Å². The van der Waals surface area contributed by atoms with Gasteiger partial charge in [-0.1, -0.05) is 12.1 Å². The van der Waals surface area contributed by atoms with Gasteiger partial charge in [-0.15, -0.1) is 12.3 Å². The van der Waals surface area contributed by atoms with Crippen LogP contribution in [0.2, 0.25) is 0 Å². The molecule has 0 N–H and O–H groups in total. The van der Waals surface area contributed by atoms with Gasteiger partial charge in [0.25, 0.3) is 0 Å². The molecular formula is C22H23N3O2. The molecule has 1 amide bonds. The Morgan fingerprint density at radius 1 is 1.30 bits per heavy atom. The number of fused-ring (bicyclic) bond motifs is 1. The molecule has 2 heterocycles. The van der Waals surface area contributed by atoms with E-state index >= 15 is 0 Å². The quantitative estimate of drug-likeness (QED) is 0.651. The number of amides is 1. The maximum atomic E-state index is 11.8. The van der Waals surface area contributed by atoms with Gasteiger partial charge < -0.3 is 9.64 Å². The number of terminal acetylenes is 1. The fraction of sp³-hybridized carbons (Fsp3) is 0.273. The Hall–Kier alpha value is -3.26. The van der Waals surface area contributed by atoms with E-state index in [1.165, 1.54) is 0 Å². The molecule has 1 aromatic carbocycles. The summed E-state index contributed by atoms with van der Waals surface area (Å²) >= 11 is 0. The van der Waals surface area contributed by atoms with Crippen LogP contribution in [0, 0.1) is 26.2 Å². The van der Waals surface area contributed by atoms with E-state index in [0.29, 0.717) is 18.8 Å². The van der Waals surface area contributed by atoms with Gasteiger partial charge in [0.05, 0.1) is 23.5 Å². The van der Waals surface area contributed by atoms with Crippen LogP contribution in [0.3, 0.4) is 0 Å². The number of hydrogen-bond acceptors (Lipinski definition) is 3. The van der Waals surface area contributed by atoms with Crippen molar-refractivity contribution >= 4 is 17.2 Å². The predicted molar refractivity (Wildman–Crippen MR) is 107 cm³/mol. The Labute approximate surface area is 159 Å². The summed E-state index contributed by atoms with van der Waals surface area (Å²) in [7, 11) is 1.77. The highest BCUT2D eigenvalue weighted by molar-refractivity contribution is 5.91. The van der Waals surface area contributed by atoms with E-state index in [9.17, 15) is 4.79 Å². The zero-order valence-corrected chi connectivity index (χ0v) is 16.1. The summed E-state index contributed by atoms with van der Waals surface area (Å²) < 4.78 is 8.11. The van der Waals surface area contributed by atoms with E-state index in [0.717, 1.165) is 33.8 Å². The maximum absolute atomic E-state index is 11.8. The van der Waals surface area contributed by atoms with Crippen LogP contribution in [0.25, 0.3) is 5.65 Å². The van der Waals surface area contributed by atoms with Crippen molar-refractivity contribution in [2.24, 2.45) is 0 Å². The van der Waals surface area contributed by atoms with Gasteiger partial charge in [0.15, 0.2) is 11.4 Å². The van der Waals surface area contributed by atoms with Crippen molar-refractivity contribution in [3.8, 4) is 18.1 Å². The number of aromatic nitrogens is 2. The lowest BCUT2D eigenvalue weighted by atomic mass is 10.1. The monoisotopic (exact) mass is 361 g/mol. The molecule has 27 heavy (non-hydrogen) atoms. The van der Waals surface area contributed by atoms with Gasteiger partial charge in [-0.25, -0.2) is 4.98 Å². The molecule has 0 saturated heterocycles. The number of imidazole rings is 1. The minimum absolute atomic E-state index is 0.0215. The third-order valence-corrected chi connectivity index (χ3v) is 4.77. The van der Waals surface area contributed by atoms with Crippen LogP contribution in [0.5, 0.6) is 5.75 Å². The molecule has 3 aromatic rings. The second-order valence-corrected chi connectivity index (χ2v) is 6.53. The topological polar surface area (TPSA) is 46.8 Å². The smallest absolute Gasteiger partial charge is 0.223 e. The Balaban J connectivity index is 1.96. The van der Waals surface area contributed by atoms with Gasteiger partial charge in [-0.05, 0) is 37.6 Å². The van der Waals surface area contributed by atoms with E-state index in [1.54, 1.807) is 18.9 Å². The fourth-order valence-electron chi connectivity index (χ4n) is 3.14. The highest BCUT2D eigenvalue weighted by Gasteiger charge is 2.15. The van der Waals surface area contributed by atoms with Crippen LogP contribution in [0.15, 0.2) is 36.5 Å². The number of anilines is 1. The van der Waals surface area contributed by atoms with Crippen molar-refractivity contribution in [2.75, 3.05) is 11.9 Å². The van der Waals surface area contributed by atoms with Crippen molar-refractivity contribution < 1.29 is 9.53 Å². The molecule has 0 saturated carbocycles. The lowest BCUT2D eigenvalue weighted by molar-refractivity contribution is -0.116. The summed E-state index contributed by atoms with van der Waals surface area (Å²) in [6, 6.07) is 9.70. The number of aryl methyl sites for hydroxylation is 2. The Kier molecular flexibility index (Phi) is 5.18. The normalized spacial score (nSPS) is 10.6. The van der Waals surface area contributed by atoms with Crippen LogP contribution >= 0.6 is 0 Å². The first-order valence-corrected chi connectivity index (χ1v) is 8.79. The standard InChI is InChI=1S/C22H23N3O2/c1-6-9-19-16(3)23-22-21(12-8-13-25(19)22)27-14-18-15(2)10-7-11-20(18)24(5)17(4)26/h1,7-8,10-13H,9,14H2,2-5H3. The molecule has 0 radical (unpaired) electrons. The predicted octanol–water partition coefficient (Wildman–Crippen LogP) is 3.69. The molecule has 0 fully saturated rings. The molecular weight excluding hydrogens is 338 g/mol. The first-order valence-electron chi connectivity index (χ1n) is 8.79. The van der Waals surface area contributed by atoms with Gasteiger partial charge in [0, 0.05) is 25.7 Å². The number of nitrogens with zero attached hydrogens (tertiary/aromatic N) is 3. The average Bonchev–Trinajstić information content (AvgIpc) is 2.96.